The van der Waals surface area contributed by atoms with Crippen molar-refractivity contribution >= 4 is 11.6 Å². The van der Waals surface area contributed by atoms with Crippen LogP contribution >= 0.6 is 0 Å². The molecular formula is C26H30O15. The number of rotatable bonds is 9. The summed E-state index contributed by atoms with van der Waals surface area (Å²) in [4.78, 5) is 25.4. The second-order valence-corrected chi connectivity index (χ2v) is 9.44. The number of aromatic hydroxyl groups is 2. The summed E-state index contributed by atoms with van der Waals surface area (Å²) in [6.45, 7) is -0.834. The van der Waals surface area contributed by atoms with Gasteiger partial charge in [0.05, 0.1) is 25.9 Å². The maximum atomic E-state index is 12.7. The maximum absolute atomic E-state index is 12.7. The van der Waals surface area contributed by atoms with Crippen LogP contribution in [0.3, 0.4) is 0 Å². The number of phenols is 2. The summed E-state index contributed by atoms with van der Waals surface area (Å²) in [5, 5.41) is 80.4. The van der Waals surface area contributed by atoms with Gasteiger partial charge in [0.2, 0.25) is 17.9 Å². The molecule has 41 heavy (non-hydrogen) atoms. The molecule has 2 aromatic rings. The third-order valence-corrected chi connectivity index (χ3v) is 6.66. The van der Waals surface area contributed by atoms with Gasteiger partial charge in [-0.25, -0.2) is 0 Å². The molecule has 2 aliphatic rings. The number of carbonyl (C=O) groups excluding carboxylic acids is 2. The molecule has 4 rings (SSSR count). The van der Waals surface area contributed by atoms with Crippen molar-refractivity contribution in [2.24, 2.45) is 0 Å². The summed E-state index contributed by atoms with van der Waals surface area (Å²) in [7, 11) is 1.27. The van der Waals surface area contributed by atoms with Crippen LogP contribution < -0.4 is 9.47 Å². The molecule has 0 aromatic heterocycles. The molecule has 8 N–H and O–H groups in total. The molecule has 15 heteroatoms. The molecule has 224 valence electrons. The lowest BCUT2D eigenvalue weighted by molar-refractivity contribution is -0.307. The minimum absolute atomic E-state index is 0.0301. The van der Waals surface area contributed by atoms with Crippen molar-refractivity contribution in [1.82, 2.24) is 0 Å². The lowest BCUT2D eigenvalue weighted by Gasteiger charge is -2.41. The number of hydrogen-bond donors (Lipinski definition) is 8. The molecule has 2 aromatic carbocycles. The zero-order valence-corrected chi connectivity index (χ0v) is 21.5. The number of Topliss-reactive ketones (excluding diaryl/α,β-unsaturated/α-hetero) is 2. The molecule has 0 spiro atoms. The number of ketones is 2. The Kier molecular flexibility index (Phi) is 9.43. The number of aliphatic hydroxyl groups is 6. The molecular weight excluding hydrogens is 552 g/mol. The van der Waals surface area contributed by atoms with E-state index >= 15 is 0 Å². The molecule has 2 fully saturated rings. The van der Waals surface area contributed by atoms with Crippen molar-refractivity contribution < 1.29 is 74.1 Å². The first-order chi connectivity index (χ1) is 19.4. The van der Waals surface area contributed by atoms with Gasteiger partial charge in [-0.3, -0.25) is 9.59 Å². The SMILES string of the molecule is COc1cc(C(=O)C(=O)c2ccc(OC3OC(COC4OCC(O)C(O)C4O)C(O)C(O)C3O)cc2O)ccc1O. The average molecular weight is 583 g/mol. The van der Waals surface area contributed by atoms with Crippen LogP contribution in [0.25, 0.3) is 0 Å². The number of aliphatic hydroxyl groups excluding tert-OH is 6. The molecule has 0 radical (unpaired) electrons. The van der Waals surface area contributed by atoms with Crippen molar-refractivity contribution in [3.8, 4) is 23.0 Å². The van der Waals surface area contributed by atoms with E-state index in [1.54, 1.807) is 0 Å². The summed E-state index contributed by atoms with van der Waals surface area (Å²) < 4.78 is 26.4. The van der Waals surface area contributed by atoms with E-state index in [-0.39, 0.29) is 35.0 Å². The Morgan fingerprint density at radius 3 is 2.22 bits per heavy atom. The topological polar surface area (TPSA) is 242 Å². The van der Waals surface area contributed by atoms with Gasteiger partial charge >= 0.3 is 0 Å². The minimum Gasteiger partial charge on any atom is -0.507 e. The normalized spacial score (nSPS) is 31.8. The van der Waals surface area contributed by atoms with Crippen molar-refractivity contribution in [2.75, 3.05) is 20.3 Å². The minimum atomic E-state index is -1.78. The zero-order chi connectivity index (χ0) is 30.0. The van der Waals surface area contributed by atoms with Crippen LogP contribution in [0.1, 0.15) is 20.7 Å². The van der Waals surface area contributed by atoms with Gasteiger partial charge in [0.1, 0.15) is 54.2 Å². The Labute approximate surface area is 232 Å². The molecule has 15 nitrogen and oxygen atoms in total. The Bertz CT molecular complexity index is 1250. The molecule has 0 saturated carbocycles. The lowest BCUT2D eigenvalue weighted by atomic mass is 9.99. The molecule has 2 aliphatic heterocycles. The van der Waals surface area contributed by atoms with Crippen LogP contribution in [0.2, 0.25) is 0 Å². The highest BCUT2D eigenvalue weighted by Gasteiger charge is 2.46. The van der Waals surface area contributed by atoms with E-state index in [0.29, 0.717) is 0 Å². The summed E-state index contributed by atoms with van der Waals surface area (Å²) >= 11 is 0. The van der Waals surface area contributed by atoms with Crippen LogP contribution in [0.5, 0.6) is 23.0 Å². The van der Waals surface area contributed by atoms with Crippen LogP contribution in [-0.2, 0) is 14.2 Å². The Hall–Kier alpha value is -3.38. The predicted molar refractivity (Wildman–Crippen MR) is 132 cm³/mol. The smallest absolute Gasteiger partial charge is 0.237 e. The largest absolute Gasteiger partial charge is 0.507 e. The molecule has 0 bridgehead atoms. The number of ether oxygens (including phenoxy) is 5. The van der Waals surface area contributed by atoms with Crippen LogP contribution in [0, 0.1) is 0 Å². The van der Waals surface area contributed by atoms with Gasteiger partial charge in [-0.2, -0.15) is 0 Å². The molecule has 9 unspecified atom stereocenters. The Morgan fingerprint density at radius 2 is 1.54 bits per heavy atom. The van der Waals surface area contributed by atoms with Gasteiger partial charge in [0.25, 0.3) is 0 Å². The van der Waals surface area contributed by atoms with E-state index in [0.717, 1.165) is 12.1 Å². The van der Waals surface area contributed by atoms with E-state index in [1.165, 1.54) is 31.4 Å². The number of carbonyl (C=O) groups is 2. The van der Waals surface area contributed by atoms with E-state index in [1.807, 2.05) is 0 Å². The van der Waals surface area contributed by atoms with Crippen molar-refractivity contribution in [1.29, 1.82) is 0 Å². The van der Waals surface area contributed by atoms with Gasteiger partial charge in [-0.1, -0.05) is 0 Å². The number of hydrogen-bond acceptors (Lipinski definition) is 15. The average Bonchev–Trinajstić information content (AvgIpc) is 2.96. The quantitative estimate of drug-likeness (QED) is 0.116. The zero-order valence-electron chi connectivity index (χ0n) is 21.5. The summed E-state index contributed by atoms with van der Waals surface area (Å²) in [5.74, 6) is -3.13. The third-order valence-electron chi connectivity index (χ3n) is 6.66. The van der Waals surface area contributed by atoms with E-state index in [4.69, 9.17) is 23.7 Å². The summed E-state index contributed by atoms with van der Waals surface area (Å²) in [5.41, 5.74) is -0.472. The van der Waals surface area contributed by atoms with Gasteiger partial charge in [0.15, 0.2) is 17.8 Å². The van der Waals surface area contributed by atoms with Crippen LogP contribution in [0.15, 0.2) is 36.4 Å². The second-order valence-electron chi connectivity index (χ2n) is 9.44. The fourth-order valence-electron chi connectivity index (χ4n) is 4.25. The van der Waals surface area contributed by atoms with Crippen molar-refractivity contribution in [3.63, 3.8) is 0 Å². The summed E-state index contributed by atoms with van der Waals surface area (Å²) in [6, 6.07) is 6.79. The molecule has 0 amide bonds. The van der Waals surface area contributed by atoms with Crippen LogP contribution in [0.4, 0.5) is 0 Å². The van der Waals surface area contributed by atoms with Gasteiger partial charge < -0.3 is 64.5 Å². The first-order valence-corrected chi connectivity index (χ1v) is 12.4. The van der Waals surface area contributed by atoms with Crippen LogP contribution in [-0.4, -0.2) is 128 Å². The highest BCUT2D eigenvalue weighted by molar-refractivity contribution is 6.49. The molecule has 2 saturated heterocycles. The maximum Gasteiger partial charge on any atom is 0.237 e. The number of phenolic OH excluding ortho intramolecular Hbond substituents is 2. The van der Waals surface area contributed by atoms with E-state index in [2.05, 4.69) is 0 Å². The highest BCUT2D eigenvalue weighted by atomic mass is 16.7. The van der Waals surface area contributed by atoms with E-state index in [9.17, 15) is 50.4 Å². The third kappa shape index (κ3) is 6.43. The number of methoxy groups -OCH3 is 1. The van der Waals surface area contributed by atoms with E-state index < -0.39 is 79.2 Å². The van der Waals surface area contributed by atoms with Crippen molar-refractivity contribution in [2.45, 2.75) is 55.3 Å². The van der Waals surface area contributed by atoms with Crippen molar-refractivity contribution in [3.05, 3.63) is 47.5 Å². The highest BCUT2D eigenvalue weighted by Crippen LogP contribution is 2.31. The summed E-state index contributed by atoms with van der Waals surface area (Å²) in [6.07, 6.45) is -14.0. The predicted octanol–water partition coefficient (Wildman–Crippen LogP) is -2.19. The monoisotopic (exact) mass is 582 g/mol. The molecule has 9 atom stereocenters. The van der Waals surface area contributed by atoms with Gasteiger partial charge in [0, 0.05) is 11.6 Å². The Morgan fingerprint density at radius 1 is 0.829 bits per heavy atom. The standard InChI is InChI=1S/C26H30O15/c1-37-16-6-10(2-5-13(16)27)18(30)19(31)12-4-3-11(7-14(12)28)40-26-24(36)22(34)21(33)17(41-26)9-39-25-23(35)20(32)15(29)8-38-25/h2-7,15,17,20-29,32-36H,8-9H2,1H3. The second kappa shape index (κ2) is 12.6. The fraction of sp³-hybridized carbons (Fsp3) is 0.462. The number of benzene rings is 2. The first kappa shape index (κ1) is 30.6. The van der Waals surface area contributed by atoms with Gasteiger partial charge in [-0.15, -0.1) is 0 Å². The van der Waals surface area contributed by atoms with Gasteiger partial charge in [-0.05, 0) is 30.3 Å². The lowest BCUT2D eigenvalue weighted by Crippen LogP contribution is -2.61. The molecule has 0 aliphatic carbocycles. The first-order valence-electron chi connectivity index (χ1n) is 12.4. The molecule has 2 heterocycles. The fourth-order valence-corrected chi connectivity index (χ4v) is 4.25. The Balaban J connectivity index is 1.42.